The standard InChI is InChI=1S/C18H15N5O2/c1-25-15-5-3-2-4-13(15)14-10-20-16-17(21-14)23(18(24)22-16)11-12-6-8-19-9-7-12/h2-10H,11H2,1H3,(H,20,22,24). The highest BCUT2D eigenvalue weighted by atomic mass is 16.5. The molecule has 4 aromatic rings. The monoisotopic (exact) mass is 333 g/mol. The molecule has 0 saturated carbocycles. The van der Waals surface area contributed by atoms with Crippen molar-refractivity contribution in [1.82, 2.24) is 24.5 Å². The lowest BCUT2D eigenvalue weighted by atomic mass is 10.1. The summed E-state index contributed by atoms with van der Waals surface area (Å²) in [5, 5.41) is 0. The van der Waals surface area contributed by atoms with Crippen LogP contribution in [0.4, 0.5) is 0 Å². The number of methoxy groups -OCH3 is 1. The number of nitrogens with zero attached hydrogens (tertiary/aromatic N) is 4. The molecule has 0 unspecified atom stereocenters. The molecule has 0 aliphatic rings. The van der Waals surface area contributed by atoms with E-state index in [-0.39, 0.29) is 5.69 Å². The predicted molar refractivity (Wildman–Crippen MR) is 93.5 cm³/mol. The molecule has 25 heavy (non-hydrogen) atoms. The number of nitrogens with one attached hydrogen (secondary N) is 1. The Balaban J connectivity index is 1.85. The second kappa shape index (κ2) is 6.20. The van der Waals surface area contributed by atoms with E-state index in [1.54, 1.807) is 30.3 Å². The van der Waals surface area contributed by atoms with E-state index in [1.807, 2.05) is 36.4 Å². The first kappa shape index (κ1) is 15.1. The Labute approximate surface area is 143 Å². The average Bonchev–Trinajstić information content (AvgIpc) is 2.97. The summed E-state index contributed by atoms with van der Waals surface area (Å²) in [7, 11) is 1.61. The normalized spacial score (nSPS) is 10.9. The zero-order valence-electron chi connectivity index (χ0n) is 13.5. The van der Waals surface area contributed by atoms with Crippen LogP contribution in [0.3, 0.4) is 0 Å². The summed E-state index contributed by atoms with van der Waals surface area (Å²) < 4.78 is 6.96. The second-order valence-electron chi connectivity index (χ2n) is 5.50. The van der Waals surface area contributed by atoms with Crippen LogP contribution in [0.25, 0.3) is 22.6 Å². The number of pyridine rings is 1. The lowest BCUT2D eigenvalue weighted by Gasteiger charge is -2.08. The Morgan fingerprint density at radius 1 is 1.16 bits per heavy atom. The van der Waals surface area contributed by atoms with Crippen molar-refractivity contribution in [2.45, 2.75) is 6.54 Å². The van der Waals surface area contributed by atoms with Crippen LogP contribution in [0.1, 0.15) is 5.56 Å². The highest BCUT2D eigenvalue weighted by molar-refractivity contribution is 5.73. The zero-order chi connectivity index (χ0) is 17.2. The van der Waals surface area contributed by atoms with Crippen molar-refractivity contribution in [1.29, 1.82) is 0 Å². The van der Waals surface area contributed by atoms with E-state index in [0.29, 0.717) is 29.3 Å². The maximum absolute atomic E-state index is 12.3. The van der Waals surface area contributed by atoms with E-state index in [0.717, 1.165) is 11.1 Å². The molecule has 3 aromatic heterocycles. The molecule has 0 aliphatic carbocycles. The Bertz CT molecular complexity index is 1090. The third kappa shape index (κ3) is 2.76. The fourth-order valence-electron chi connectivity index (χ4n) is 2.72. The fraction of sp³-hybridized carbons (Fsp3) is 0.111. The smallest absolute Gasteiger partial charge is 0.329 e. The number of H-pyrrole nitrogens is 1. The topological polar surface area (TPSA) is 85.7 Å². The Morgan fingerprint density at radius 3 is 2.76 bits per heavy atom. The van der Waals surface area contributed by atoms with E-state index >= 15 is 0 Å². The van der Waals surface area contributed by atoms with E-state index in [9.17, 15) is 4.79 Å². The van der Waals surface area contributed by atoms with Gasteiger partial charge in [0.05, 0.1) is 25.5 Å². The summed E-state index contributed by atoms with van der Waals surface area (Å²) in [6.07, 6.45) is 5.02. The highest BCUT2D eigenvalue weighted by Gasteiger charge is 2.13. The Kier molecular flexibility index (Phi) is 3.74. The molecule has 7 heteroatoms. The molecule has 1 aromatic carbocycles. The molecular weight excluding hydrogens is 318 g/mol. The highest BCUT2D eigenvalue weighted by Crippen LogP contribution is 2.28. The molecule has 1 N–H and O–H groups in total. The van der Waals surface area contributed by atoms with Crippen LogP contribution in [-0.4, -0.2) is 31.6 Å². The van der Waals surface area contributed by atoms with Gasteiger partial charge in [-0.15, -0.1) is 0 Å². The first-order valence-corrected chi connectivity index (χ1v) is 7.74. The van der Waals surface area contributed by atoms with Crippen LogP contribution in [0.5, 0.6) is 5.75 Å². The maximum atomic E-state index is 12.3. The van der Waals surface area contributed by atoms with E-state index in [4.69, 9.17) is 4.74 Å². The zero-order valence-corrected chi connectivity index (χ0v) is 13.5. The van der Waals surface area contributed by atoms with Gasteiger partial charge in [-0.3, -0.25) is 14.5 Å². The van der Waals surface area contributed by atoms with Crippen molar-refractivity contribution in [2.24, 2.45) is 0 Å². The van der Waals surface area contributed by atoms with Crippen LogP contribution in [0.15, 0.2) is 59.8 Å². The van der Waals surface area contributed by atoms with Crippen molar-refractivity contribution in [3.05, 3.63) is 71.0 Å². The number of fused-ring (bicyclic) bond motifs is 1. The van der Waals surface area contributed by atoms with Gasteiger partial charge in [0.1, 0.15) is 5.75 Å². The molecule has 3 heterocycles. The van der Waals surface area contributed by atoms with E-state index < -0.39 is 0 Å². The number of rotatable bonds is 4. The number of para-hydroxylation sites is 1. The van der Waals surface area contributed by atoms with E-state index in [1.165, 1.54) is 0 Å². The summed E-state index contributed by atoms with van der Waals surface area (Å²) in [5.74, 6) is 0.703. The lowest BCUT2D eigenvalue weighted by Crippen LogP contribution is -2.17. The van der Waals surface area contributed by atoms with Gasteiger partial charge in [0.2, 0.25) is 0 Å². The van der Waals surface area contributed by atoms with Gasteiger partial charge in [-0.2, -0.15) is 0 Å². The number of aromatic amines is 1. The van der Waals surface area contributed by atoms with Crippen LogP contribution in [0.2, 0.25) is 0 Å². The summed E-state index contributed by atoms with van der Waals surface area (Å²) >= 11 is 0. The van der Waals surface area contributed by atoms with Gasteiger partial charge in [0.25, 0.3) is 0 Å². The van der Waals surface area contributed by atoms with Crippen LogP contribution < -0.4 is 10.4 Å². The first-order valence-electron chi connectivity index (χ1n) is 7.74. The second-order valence-corrected chi connectivity index (χ2v) is 5.50. The molecule has 0 amide bonds. The first-order chi connectivity index (χ1) is 12.3. The summed E-state index contributed by atoms with van der Waals surface area (Å²) in [6, 6.07) is 11.3. The molecular formula is C18H15N5O2. The van der Waals surface area contributed by atoms with Crippen LogP contribution in [0, 0.1) is 0 Å². The molecule has 0 atom stereocenters. The SMILES string of the molecule is COc1ccccc1-c1cnc2[nH]c(=O)n(Cc3ccncc3)c2n1. The number of benzene rings is 1. The molecule has 0 bridgehead atoms. The lowest BCUT2D eigenvalue weighted by molar-refractivity contribution is 0.416. The minimum absolute atomic E-state index is 0.246. The van der Waals surface area contributed by atoms with Gasteiger partial charge < -0.3 is 4.74 Å². The van der Waals surface area contributed by atoms with Gasteiger partial charge in [0, 0.05) is 18.0 Å². The number of hydrogen-bond acceptors (Lipinski definition) is 5. The molecule has 4 rings (SSSR count). The molecule has 0 saturated heterocycles. The van der Waals surface area contributed by atoms with Crippen LogP contribution in [-0.2, 0) is 6.54 Å². The number of imidazole rings is 1. The molecule has 0 fully saturated rings. The summed E-state index contributed by atoms with van der Waals surface area (Å²) in [6.45, 7) is 0.394. The van der Waals surface area contributed by atoms with Crippen molar-refractivity contribution >= 4 is 11.3 Å². The molecule has 0 spiro atoms. The van der Waals surface area contributed by atoms with Gasteiger partial charge in [-0.05, 0) is 29.8 Å². The molecule has 0 radical (unpaired) electrons. The van der Waals surface area contributed by atoms with E-state index in [2.05, 4.69) is 19.9 Å². The molecule has 7 nitrogen and oxygen atoms in total. The van der Waals surface area contributed by atoms with Crippen molar-refractivity contribution in [3.8, 4) is 17.0 Å². The molecule has 0 aliphatic heterocycles. The van der Waals surface area contributed by atoms with Gasteiger partial charge in [-0.25, -0.2) is 14.8 Å². The minimum Gasteiger partial charge on any atom is -0.496 e. The third-order valence-electron chi connectivity index (χ3n) is 3.95. The fourth-order valence-corrected chi connectivity index (χ4v) is 2.72. The third-order valence-corrected chi connectivity index (χ3v) is 3.95. The van der Waals surface area contributed by atoms with Crippen molar-refractivity contribution in [2.75, 3.05) is 7.11 Å². The average molecular weight is 333 g/mol. The molecule has 124 valence electrons. The number of ether oxygens (including phenoxy) is 1. The maximum Gasteiger partial charge on any atom is 0.329 e. The van der Waals surface area contributed by atoms with Crippen LogP contribution >= 0.6 is 0 Å². The summed E-state index contributed by atoms with van der Waals surface area (Å²) in [4.78, 5) is 28.0. The number of aromatic nitrogens is 5. The predicted octanol–water partition coefficient (Wildman–Crippen LogP) is 2.24. The Morgan fingerprint density at radius 2 is 1.96 bits per heavy atom. The Hall–Kier alpha value is -3.48. The van der Waals surface area contributed by atoms with Gasteiger partial charge >= 0.3 is 5.69 Å². The number of hydrogen-bond donors (Lipinski definition) is 1. The van der Waals surface area contributed by atoms with Gasteiger partial charge in [-0.1, -0.05) is 12.1 Å². The summed E-state index contributed by atoms with van der Waals surface area (Å²) in [5.41, 5.74) is 3.14. The van der Waals surface area contributed by atoms with Gasteiger partial charge in [0.15, 0.2) is 11.3 Å². The minimum atomic E-state index is -0.246. The van der Waals surface area contributed by atoms with Crippen molar-refractivity contribution < 1.29 is 4.74 Å². The largest absolute Gasteiger partial charge is 0.496 e. The van der Waals surface area contributed by atoms with Crippen molar-refractivity contribution in [3.63, 3.8) is 0 Å². The quantitative estimate of drug-likeness (QED) is 0.619.